The first-order valence-electron chi connectivity index (χ1n) is 20.3. The van der Waals surface area contributed by atoms with Crippen LogP contribution in [0.15, 0.2) is 24.3 Å². The highest BCUT2D eigenvalue weighted by molar-refractivity contribution is 5.99. The lowest BCUT2D eigenvalue weighted by atomic mass is 10.0. The minimum absolute atomic E-state index is 0.00814. The van der Waals surface area contributed by atoms with Gasteiger partial charge in [-0.05, 0) is 56.2 Å². The van der Waals surface area contributed by atoms with Crippen LogP contribution in [0.25, 0.3) is 0 Å². The molecule has 17 N–H and O–H groups in total. The van der Waals surface area contributed by atoms with Crippen molar-refractivity contribution in [3.8, 4) is 5.75 Å². The van der Waals surface area contributed by atoms with Gasteiger partial charge in [-0.15, -0.1) is 0 Å². The van der Waals surface area contributed by atoms with Crippen LogP contribution in [0.2, 0.25) is 0 Å². The number of rotatable bonds is 26. The first kappa shape index (κ1) is 53.2. The third-order valence-corrected chi connectivity index (χ3v) is 10.0. The number of nitrogens with zero attached hydrogens (tertiary/aromatic N) is 1. The molecule has 1 saturated heterocycles. The number of carbonyl (C=O) groups excluding carboxylic acids is 10. The Morgan fingerprint density at radius 2 is 1.22 bits per heavy atom. The number of nitrogens with one attached hydrogen (secondary N) is 6. The molecule has 8 atom stereocenters. The van der Waals surface area contributed by atoms with Crippen molar-refractivity contribution >= 4 is 65.0 Å². The number of amides is 10. The van der Waals surface area contributed by atoms with Crippen molar-refractivity contribution in [1.29, 1.82) is 0 Å². The molecule has 1 aromatic carbocycles. The highest BCUT2D eigenvalue weighted by Gasteiger charge is 2.40. The van der Waals surface area contributed by atoms with E-state index in [9.17, 15) is 68.1 Å². The summed E-state index contributed by atoms with van der Waals surface area (Å²) in [4.78, 5) is 142. The van der Waals surface area contributed by atoms with Crippen molar-refractivity contribution in [1.82, 2.24) is 36.8 Å². The van der Waals surface area contributed by atoms with Crippen LogP contribution in [0.3, 0.4) is 0 Å². The Hall–Kier alpha value is -6.89. The quantitative estimate of drug-likeness (QED) is 0.0412. The van der Waals surface area contributed by atoms with E-state index < -0.39 is 139 Å². The number of aliphatic hydroxyl groups is 1. The summed E-state index contributed by atoms with van der Waals surface area (Å²) in [5, 5.41) is 42.9. The molecular formula is C39H59N11O14. The molecule has 0 aliphatic carbocycles. The molecule has 64 heavy (non-hydrogen) atoms. The van der Waals surface area contributed by atoms with Crippen LogP contribution in [0, 0.1) is 5.92 Å². The van der Waals surface area contributed by atoms with Gasteiger partial charge in [-0.3, -0.25) is 47.9 Å². The monoisotopic (exact) mass is 905 g/mol. The van der Waals surface area contributed by atoms with Gasteiger partial charge in [0.15, 0.2) is 0 Å². The number of aliphatic carboxylic acids is 1. The number of hydrogen-bond donors (Lipinski definition) is 13. The molecule has 10 amide bonds. The molecule has 25 nitrogen and oxygen atoms in total. The summed E-state index contributed by atoms with van der Waals surface area (Å²) in [7, 11) is 0. The second-order valence-electron chi connectivity index (χ2n) is 15.6. The van der Waals surface area contributed by atoms with Gasteiger partial charge in [-0.1, -0.05) is 26.0 Å². The van der Waals surface area contributed by atoms with E-state index in [4.69, 9.17) is 22.9 Å². The van der Waals surface area contributed by atoms with E-state index in [1.165, 1.54) is 31.2 Å². The number of primary amides is 3. The molecule has 0 aromatic heterocycles. The highest BCUT2D eigenvalue weighted by Crippen LogP contribution is 2.21. The average Bonchev–Trinajstić information content (AvgIpc) is 3.72. The van der Waals surface area contributed by atoms with Crippen LogP contribution in [0.5, 0.6) is 5.75 Å². The van der Waals surface area contributed by atoms with Gasteiger partial charge < -0.3 is 75.1 Å². The summed E-state index contributed by atoms with van der Waals surface area (Å²) in [5.41, 5.74) is 21.7. The molecule has 1 heterocycles. The fraction of sp³-hybridized carbons (Fsp3) is 0.564. The number of benzene rings is 1. The van der Waals surface area contributed by atoms with E-state index in [2.05, 4.69) is 31.9 Å². The van der Waals surface area contributed by atoms with Crippen LogP contribution in [-0.2, 0) is 59.2 Å². The molecule has 0 saturated carbocycles. The van der Waals surface area contributed by atoms with Gasteiger partial charge in [0.25, 0.3) is 0 Å². The van der Waals surface area contributed by atoms with Crippen molar-refractivity contribution < 1.29 is 68.1 Å². The predicted molar refractivity (Wildman–Crippen MR) is 222 cm³/mol. The summed E-state index contributed by atoms with van der Waals surface area (Å²) >= 11 is 0. The predicted octanol–water partition coefficient (Wildman–Crippen LogP) is -5.68. The van der Waals surface area contributed by atoms with E-state index >= 15 is 0 Å². The zero-order valence-electron chi connectivity index (χ0n) is 35.7. The Balaban J connectivity index is 2.33. The SMILES string of the molecule is CC(C)[C@H](NC(=O)[C@H](C)NC(=O)[C@@H]1CCCN1C(=O)[C@H](Cc1ccc(O)cc1)NC(=O)[C@H](CC(N)=O)NC(=O)[C@H](CCC(N)=O)NC(=O)[C@@H](N)CO)C(=O)N[C@@H](CCC(N)=O)C(=O)O. The second-order valence-corrected chi connectivity index (χ2v) is 15.6. The van der Waals surface area contributed by atoms with Gasteiger partial charge in [0.1, 0.15) is 54.1 Å². The molecule has 25 heteroatoms. The third-order valence-electron chi connectivity index (χ3n) is 10.0. The van der Waals surface area contributed by atoms with Gasteiger partial charge in [0.05, 0.1) is 13.0 Å². The number of phenolic OH excluding ortho intramolecular Hbond substituents is 1. The first-order chi connectivity index (χ1) is 29.9. The van der Waals surface area contributed by atoms with Crippen LogP contribution in [0.1, 0.15) is 71.3 Å². The molecule has 0 unspecified atom stereocenters. The average molecular weight is 906 g/mol. The maximum absolute atomic E-state index is 14.3. The van der Waals surface area contributed by atoms with E-state index in [1.54, 1.807) is 13.8 Å². The zero-order chi connectivity index (χ0) is 48.4. The molecule has 1 aromatic rings. The number of hydrogen-bond acceptors (Lipinski definition) is 14. The normalized spacial score (nSPS) is 16.7. The number of carboxylic acids is 1. The van der Waals surface area contributed by atoms with Crippen molar-refractivity contribution in [3.05, 3.63) is 29.8 Å². The third kappa shape index (κ3) is 17.1. The van der Waals surface area contributed by atoms with Gasteiger partial charge in [-0.25, -0.2) is 4.79 Å². The Kier molecular flexibility index (Phi) is 21.0. The lowest BCUT2D eigenvalue weighted by Crippen LogP contribution is -2.60. The number of nitrogens with two attached hydrogens (primary N) is 4. The highest BCUT2D eigenvalue weighted by atomic mass is 16.4. The number of phenols is 1. The Labute approximate surface area is 367 Å². The zero-order valence-corrected chi connectivity index (χ0v) is 35.7. The van der Waals surface area contributed by atoms with E-state index in [-0.39, 0.29) is 44.4 Å². The van der Waals surface area contributed by atoms with Crippen molar-refractivity contribution in [3.63, 3.8) is 0 Å². The summed E-state index contributed by atoms with van der Waals surface area (Å²) in [6, 6.07) is -5.96. The largest absolute Gasteiger partial charge is 0.508 e. The number of likely N-dealkylation sites (tertiary alicyclic amines) is 1. The summed E-state index contributed by atoms with van der Waals surface area (Å²) < 4.78 is 0. The van der Waals surface area contributed by atoms with Crippen LogP contribution < -0.4 is 54.8 Å². The minimum atomic E-state index is -1.77. The Morgan fingerprint density at radius 3 is 1.75 bits per heavy atom. The standard InChI is InChI=1S/C39H59N11O14/c1-18(2)31(37(61)46-24(39(63)64)11-13-29(42)54)49-32(56)19(3)44-36(60)27-5-4-14-50(27)38(62)26(15-20-6-8-21(52)9-7-20)48-35(59)25(16-30(43)55)47-34(58)23(10-12-28(41)53)45-33(57)22(40)17-51/h6-9,18-19,22-27,31,51-52H,4-5,10-17,40H2,1-3H3,(H2,41,53)(H2,42,54)(H2,43,55)(H,44,60)(H,45,57)(H,46,61)(H,47,58)(H,48,59)(H,49,56)(H,63,64)/t19-,22-,23-,24-,25-,26-,27-,31-/m0/s1. The van der Waals surface area contributed by atoms with E-state index in [1.807, 2.05) is 0 Å². The van der Waals surface area contributed by atoms with Crippen molar-refractivity contribution in [2.24, 2.45) is 28.9 Å². The second kappa shape index (κ2) is 25.3. The molecule has 1 fully saturated rings. The number of aliphatic hydroxyl groups excluding tert-OH is 1. The van der Waals surface area contributed by atoms with Gasteiger partial charge in [-0.2, -0.15) is 0 Å². The number of aromatic hydroxyl groups is 1. The Morgan fingerprint density at radius 1 is 0.688 bits per heavy atom. The van der Waals surface area contributed by atoms with Gasteiger partial charge in [0.2, 0.25) is 59.1 Å². The first-order valence-corrected chi connectivity index (χ1v) is 20.3. The molecule has 1 aliphatic heterocycles. The summed E-state index contributed by atoms with van der Waals surface area (Å²) in [6.45, 7) is 3.67. The van der Waals surface area contributed by atoms with E-state index in [0.717, 1.165) is 4.90 Å². The van der Waals surface area contributed by atoms with Crippen LogP contribution in [-0.4, -0.2) is 147 Å². The molecule has 0 spiro atoms. The van der Waals surface area contributed by atoms with Crippen molar-refractivity contribution in [2.45, 2.75) is 120 Å². The van der Waals surface area contributed by atoms with Crippen LogP contribution >= 0.6 is 0 Å². The topological polar surface area (TPSA) is 428 Å². The maximum Gasteiger partial charge on any atom is 0.326 e. The summed E-state index contributed by atoms with van der Waals surface area (Å²) in [5.74, 6) is -11.3. The molecule has 2 rings (SSSR count). The molecule has 354 valence electrons. The molecular weight excluding hydrogens is 846 g/mol. The fourth-order valence-electron chi connectivity index (χ4n) is 6.44. The summed E-state index contributed by atoms with van der Waals surface area (Å²) in [6.07, 6.45) is -2.06. The minimum Gasteiger partial charge on any atom is -0.508 e. The maximum atomic E-state index is 14.3. The lowest BCUT2D eigenvalue weighted by molar-refractivity contribution is -0.143. The lowest BCUT2D eigenvalue weighted by Gasteiger charge is -2.31. The number of carboxylic acid groups (broad SMARTS) is 1. The van der Waals surface area contributed by atoms with Gasteiger partial charge in [0, 0.05) is 25.8 Å². The van der Waals surface area contributed by atoms with Crippen LogP contribution in [0.4, 0.5) is 0 Å². The smallest absolute Gasteiger partial charge is 0.326 e. The number of carbonyl (C=O) groups is 11. The fourth-order valence-corrected chi connectivity index (χ4v) is 6.44. The van der Waals surface area contributed by atoms with Gasteiger partial charge >= 0.3 is 5.97 Å². The molecule has 1 aliphatic rings. The Bertz CT molecular complexity index is 1900. The van der Waals surface area contributed by atoms with E-state index in [0.29, 0.717) is 12.0 Å². The van der Waals surface area contributed by atoms with Crippen molar-refractivity contribution in [2.75, 3.05) is 13.2 Å². The molecule has 0 bridgehead atoms. The molecule has 0 radical (unpaired) electrons.